The van der Waals surface area contributed by atoms with Gasteiger partial charge in [0.05, 0.1) is 0 Å². The Kier molecular flexibility index (Phi) is 3.77. The lowest BCUT2D eigenvalue weighted by molar-refractivity contribution is 0.0536. The van der Waals surface area contributed by atoms with E-state index in [0.717, 1.165) is 0 Å². The van der Waals surface area contributed by atoms with Crippen molar-refractivity contribution in [2.24, 2.45) is 0 Å². The molecular formula is C12H13ClF2O2. The van der Waals surface area contributed by atoms with E-state index in [1.807, 2.05) is 20.8 Å². The summed E-state index contributed by atoms with van der Waals surface area (Å²) >= 11 is 4.65. The van der Waals surface area contributed by atoms with Crippen molar-refractivity contribution in [3.8, 4) is 5.75 Å². The van der Waals surface area contributed by atoms with Crippen molar-refractivity contribution < 1.29 is 18.3 Å². The topological polar surface area (TPSA) is 26.3 Å². The Morgan fingerprint density at radius 3 is 2.00 bits per heavy atom. The Labute approximate surface area is 104 Å². The van der Waals surface area contributed by atoms with E-state index in [0.29, 0.717) is 5.75 Å². The van der Waals surface area contributed by atoms with Crippen LogP contribution in [0.2, 0.25) is 0 Å². The van der Waals surface area contributed by atoms with Gasteiger partial charge in [-0.05, 0) is 56.6 Å². The van der Waals surface area contributed by atoms with E-state index in [4.69, 9.17) is 4.74 Å². The molecule has 0 N–H and O–H groups in total. The van der Waals surface area contributed by atoms with Crippen molar-refractivity contribution in [2.45, 2.75) is 31.8 Å². The molecule has 0 heterocycles. The van der Waals surface area contributed by atoms with Crippen LogP contribution < -0.4 is 4.74 Å². The SMILES string of the molecule is CC(C)(C)Oc1ccc(C(=O)C(F)(F)Cl)cc1. The Morgan fingerprint density at radius 1 is 1.18 bits per heavy atom. The van der Waals surface area contributed by atoms with Crippen LogP contribution in [0, 0.1) is 0 Å². The average Bonchev–Trinajstić information content (AvgIpc) is 2.14. The molecule has 1 aromatic carbocycles. The molecule has 2 nitrogen and oxygen atoms in total. The molecule has 0 aromatic heterocycles. The summed E-state index contributed by atoms with van der Waals surface area (Å²) in [4.78, 5) is 11.1. The zero-order valence-electron chi connectivity index (χ0n) is 9.76. The van der Waals surface area contributed by atoms with Gasteiger partial charge in [0.2, 0.25) is 5.78 Å². The smallest absolute Gasteiger partial charge is 0.384 e. The lowest BCUT2D eigenvalue weighted by atomic mass is 10.1. The van der Waals surface area contributed by atoms with Crippen LogP contribution in [0.1, 0.15) is 31.1 Å². The van der Waals surface area contributed by atoms with Gasteiger partial charge in [0.25, 0.3) is 0 Å². The number of rotatable bonds is 3. The summed E-state index contributed by atoms with van der Waals surface area (Å²) in [6, 6.07) is 5.45. The van der Waals surface area contributed by atoms with E-state index in [1.165, 1.54) is 24.3 Å². The highest BCUT2D eigenvalue weighted by Crippen LogP contribution is 2.26. The molecule has 0 aliphatic rings. The fourth-order valence-electron chi connectivity index (χ4n) is 1.19. The molecule has 1 aromatic rings. The molecule has 0 unspecified atom stereocenters. The molecule has 0 amide bonds. The van der Waals surface area contributed by atoms with Gasteiger partial charge in [0.15, 0.2) is 0 Å². The summed E-state index contributed by atoms with van der Waals surface area (Å²) in [5.41, 5.74) is -0.534. The molecule has 0 atom stereocenters. The quantitative estimate of drug-likeness (QED) is 0.610. The summed E-state index contributed by atoms with van der Waals surface area (Å²) in [6.07, 6.45) is 0. The second-order valence-electron chi connectivity index (χ2n) is 4.57. The average molecular weight is 263 g/mol. The summed E-state index contributed by atoms with van der Waals surface area (Å²) in [6.45, 7) is 5.58. The number of ketones is 1. The predicted octanol–water partition coefficient (Wildman–Crippen LogP) is 3.88. The number of halogens is 3. The highest BCUT2D eigenvalue weighted by molar-refractivity contribution is 6.35. The number of hydrogen-bond acceptors (Lipinski definition) is 2. The molecule has 94 valence electrons. The van der Waals surface area contributed by atoms with Crippen LogP contribution in [0.15, 0.2) is 24.3 Å². The van der Waals surface area contributed by atoms with Crippen LogP contribution in [0.25, 0.3) is 0 Å². The first-order valence-corrected chi connectivity index (χ1v) is 5.38. The van der Waals surface area contributed by atoms with Crippen LogP contribution in [0.5, 0.6) is 5.75 Å². The standard InChI is InChI=1S/C12H13ClF2O2/c1-11(2,3)17-9-6-4-8(5-7-9)10(16)12(13,14)15/h4-7H,1-3H3. The van der Waals surface area contributed by atoms with E-state index in [1.54, 1.807) is 0 Å². The van der Waals surface area contributed by atoms with Crippen molar-refractivity contribution in [3.63, 3.8) is 0 Å². The number of Topliss-reactive ketones (excluding diaryl/α,β-unsaturated/α-hetero) is 1. The molecular weight excluding hydrogens is 250 g/mol. The van der Waals surface area contributed by atoms with Crippen LogP contribution in [0.3, 0.4) is 0 Å². The van der Waals surface area contributed by atoms with Crippen molar-refractivity contribution >= 4 is 17.4 Å². The largest absolute Gasteiger partial charge is 0.488 e. The summed E-state index contributed by atoms with van der Waals surface area (Å²) < 4.78 is 30.6. The molecule has 1 rings (SSSR count). The van der Waals surface area contributed by atoms with Crippen molar-refractivity contribution in [3.05, 3.63) is 29.8 Å². The van der Waals surface area contributed by atoms with Crippen LogP contribution in [-0.2, 0) is 0 Å². The van der Waals surface area contributed by atoms with Gasteiger partial charge in [0, 0.05) is 5.56 Å². The van der Waals surface area contributed by atoms with Gasteiger partial charge in [-0.25, -0.2) is 0 Å². The molecule has 0 saturated carbocycles. The minimum atomic E-state index is -3.87. The first-order valence-electron chi connectivity index (χ1n) is 5.00. The van der Waals surface area contributed by atoms with Crippen LogP contribution in [-0.4, -0.2) is 16.8 Å². The monoisotopic (exact) mass is 262 g/mol. The minimum absolute atomic E-state index is 0.147. The molecule has 0 radical (unpaired) electrons. The zero-order chi connectivity index (χ0) is 13.3. The van der Waals surface area contributed by atoms with Gasteiger partial charge in [-0.1, -0.05) is 0 Å². The third kappa shape index (κ3) is 4.30. The maximum absolute atomic E-state index is 12.6. The fourth-order valence-corrected chi connectivity index (χ4v) is 1.30. The zero-order valence-corrected chi connectivity index (χ0v) is 10.5. The normalized spacial score (nSPS) is 12.4. The van der Waals surface area contributed by atoms with Gasteiger partial charge in [-0.2, -0.15) is 8.78 Å². The Hall–Kier alpha value is -1.16. The summed E-state index contributed by atoms with van der Waals surface area (Å²) in [7, 11) is 0. The second kappa shape index (κ2) is 4.61. The van der Waals surface area contributed by atoms with Gasteiger partial charge in [0.1, 0.15) is 11.4 Å². The van der Waals surface area contributed by atoms with E-state index in [2.05, 4.69) is 11.6 Å². The predicted molar refractivity (Wildman–Crippen MR) is 62.0 cm³/mol. The molecule has 0 saturated heterocycles. The van der Waals surface area contributed by atoms with Crippen molar-refractivity contribution in [1.82, 2.24) is 0 Å². The number of benzene rings is 1. The van der Waals surface area contributed by atoms with Crippen molar-refractivity contribution in [2.75, 3.05) is 0 Å². The van der Waals surface area contributed by atoms with Gasteiger partial charge in [-0.15, -0.1) is 0 Å². The molecule has 0 fully saturated rings. The Balaban J connectivity index is 2.86. The molecule has 0 aliphatic carbocycles. The van der Waals surface area contributed by atoms with Crippen LogP contribution in [0.4, 0.5) is 8.78 Å². The lowest BCUT2D eigenvalue weighted by Crippen LogP contribution is -2.23. The summed E-state index contributed by atoms with van der Waals surface area (Å²) in [5, 5.41) is -3.87. The molecule has 0 aliphatic heterocycles. The molecule has 5 heteroatoms. The number of hydrogen-bond donors (Lipinski definition) is 0. The highest BCUT2D eigenvalue weighted by Gasteiger charge is 2.36. The maximum atomic E-state index is 12.6. The summed E-state index contributed by atoms with van der Waals surface area (Å²) in [5.74, 6) is -0.909. The second-order valence-corrected chi connectivity index (χ2v) is 5.04. The number of alkyl halides is 3. The number of ether oxygens (including phenoxy) is 1. The number of carbonyl (C=O) groups is 1. The highest BCUT2D eigenvalue weighted by atomic mass is 35.5. The molecule has 0 spiro atoms. The lowest BCUT2D eigenvalue weighted by Gasteiger charge is -2.21. The minimum Gasteiger partial charge on any atom is -0.488 e. The third-order valence-corrected chi connectivity index (χ3v) is 1.97. The van der Waals surface area contributed by atoms with E-state index in [9.17, 15) is 13.6 Å². The molecule has 17 heavy (non-hydrogen) atoms. The van der Waals surface area contributed by atoms with Gasteiger partial charge in [-0.3, -0.25) is 4.79 Å². The fraction of sp³-hybridized carbons (Fsp3) is 0.417. The Bertz CT molecular complexity index is 402. The molecule has 0 bridgehead atoms. The van der Waals surface area contributed by atoms with Gasteiger partial charge < -0.3 is 4.74 Å². The van der Waals surface area contributed by atoms with Crippen LogP contribution >= 0.6 is 11.6 Å². The van der Waals surface area contributed by atoms with E-state index in [-0.39, 0.29) is 11.2 Å². The van der Waals surface area contributed by atoms with Crippen molar-refractivity contribution in [1.29, 1.82) is 0 Å². The van der Waals surface area contributed by atoms with Gasteiger partial charge >= 0.3 is 5.38 Å². The third-order valence-electron chi connectivity index (χ3n) is 1.80. The van der Waals surface area contributed by atoms with E-state index >= 15 is 0 Å². The van der Waals surface area contributed by atoms with E-state index < -0.39 is 11.2 Å². The first-order chi connectivity index (χ1) is 7.59. The maximum Gasteiger partial charge on any atom is 0.384 e. The number of carbonyl (C=O) groups excluding carboxylic acids is 1. The first kappa shape index (κ1) is 13.9. The Morgan fingerprint density at radius 2 is 1.65 bits per heavy atom.